The number of aliphatic hydroxyl groups is 1. The molecule has 3 aliphatic rings. The molecule has 2 saturated heterocycles. The van der Waals surface area contributed by atoms with E-state index in [1.807, 2.05) is 20.8 Å². The van der Waals surface area contributed by atoms with Crippen molar-refractivity contribution in [2.75, 3.05) is 19.6 Å². The summed E-state index contributed by atoms with van der Waals surface area (Å²) in [7, 11) is 0. The summed E-state index contributed by atoms with van der Waals surface area (Å²) >= 11 is 0. The molecule has 2 aromatic rings. The van der Waals surface area contributed by atoms with Crippen LogP contribution in [-0.4, -0.2) is 84.5 Å². The molecule has 0 radical (unpaired) electrons. The van der Waals surface area contributed by atoms with Gasteiger partial charge in [-0.2, -0.15) is 0 Å². The number of halogens is 1. The van der Waals surface area contributed by atoms with Crippen molar-refractivity contribution in [2.24, 2.45) is 5.41 Å². The molecule has 1 saturated carbocycles. The van der Waals surface area contributed by atoms with Gasteiger partial charge in [0.2, 0.25) is 5.91 Å². The molecule has 1 aromatic heterocycles. The highest BCUT2D eigenvalue weighted by Gasteiger charge is 2.54. The van der Waals surface area contributed by atoms with Crippen LogP contribution in [0.25, 0.3) is 5.69 Å². The van der Waals surface area contributed by atoms with Crippen molar-refractivity contribution in [1.82, 2.24) is 30.0 Å². The van der Waals surface area contributed by atoms with Gasteiger partial charge in [-0.1, -0.05) is 6.42 Å². The fourth-order valence-corrected chi connectivity index (χ4v) is 5.65. The normalized spacial score (nSPS) is 24.1. The lowest BCUT2D eigenvalue weighted by atomic mass is 9.61. The van der Waals surface area contributed by atoms with Crippen molar-refractivity contribution < 1.29 is 23.8 Å². The molecule has 11 heteroatoms. The number of carbonyl (C=O) groups excluding carboxylic acids is 2. The number of nitrogens with zero attached hydrogens (tertiary/aromatic N) is 6. The minimum atomic E-state index is -0.745. The van der Waals surface area contributed by atoms with E-state index in [9.17, 15) is 19.1 Å². The Balaban J connectivity index is 1.25. The smallest absolute Gasteiger partial charge is 0.410 e. The third kappa shape index (κ3) is 5.18. The van der Waals surface area contributed by atoms with Crippen LogP contribution in [0.5, 0.6) is 0 Å². The van der Waals surface area contributed by atoms with Gasteiger partial charge in [-0.3, -0.25) is 9.69 Å². The SMILES string of the molecule is CC(C)(C)OC(=O)N1CC2(CCC2)[C@H](O)C[C@H]1C(=O)N1CCC(c2nnn(-c3ccc(F)cc3)n2)CC1. The number of amides is 2. The fraction of sp³-hybridized carbons (Fsp3) is 0.654. The third-order valence-electron chi connectivity index (χ3n) is 7.94. The van der Waals surface area contributed by atoms with Gasteiger partial charge >= 0.3 is 6.09 Å². The van der Waals surface area contributed by atoms with E-state index < -0.39 is 23.8 Å². The standard InChI is InChI=1S/C26H35FN6O4/c1-25(2,3)37-24(36)32-16-26(11-4-12-26)21(34)15-20(32)23(35)31-13-9-17(10-14-31)22-28-30-33(29-22)19-7-5-18(27)6-8-19/h5-8,17,20-21,34H,4,9-16H2,1-3H3/t20-,21+/m0/s1. The van der Waals surface area contributed by atoms with Crippen LogP contribution in [0, 0.1) is 11.2 Å². The largest absolute Gasteiger partial charge is 0.444 e. The molecule has 200 valence electrons. The number of likely N-dealkylation sites (tertiary alicyclic amines) is 2. The minimum Gasteiger partial charge on any atom is -0.444 e. The first kappa shape index (κ1) is 25.6. The number of ether oxygens (including phenoxy) is 1. The Kier molecular flexibility index (Phi) is 6.68. The first-order valence-electron chi connectivity index (χ1n) is 13.1. The zero-order valence-electron chi connectivity index (χ0n) is 21.6. The van der Waals surface area contributed by atoms with Crippen LogP contribution < -0.4 is 0 Å². The van der Waals surface area contributed by atoms with Gasteiger partial charge in [0.25, 0.3) is 0 Å². The van der Waals surface area contributed by atoms with Gasteiger partial charge in [0.05, 0.1) is 11.8 Å². The van der Waals surface area contributed by atoms with E-state index in [2.05, 4.69) is 15.4 Å². The minimum absolute atomic E-state index is 0.0374. The highest BCUT2D eigenvalue weighted by atomic mass is 19.1. The maximum absolute atomic E-state index is 13.6. The van der Waals surface area contributed by atoms with E-state index in [-0.39, 0.29) is 29.5 Å². The lowest BCUT2D eigenvalue weighted by Crippen LogP contribution is -2.64. The molecular formula is C26H35FN6O4. The average molecular weight is 515 g/mol. The van der Waals surface area contributed by atoms with Gasteiger partial charge in [0, 0.05) is 37.4 Å². The number of rotatable bonds is 3. The van der Waals surface area contributed by atoms with Crippen LogP contribution in [0.15, 0.2) is 24.3 Å². The maximum atomic E-state index is 13.6. The van der Waals surface area contributed by atoms with Gasteiger partial charge in [-0.15, -0.1) is 15.0 Å². The summed E-state index contributed by atoms with van der Waals surface area (Å²) in [5.41, 5.74) is -0.387. The van der Waals surface area contributed by atoms with E-state index in [1.54, 1.807) is 21.9 Å². The maximum Gasteiger partial charge on any atom is 0.410 e. The predicted molar refractivity (Wildman–Crippen MR) is 131 cm³/mol. The van der Waals surface area contributed by atoms with E-state index in [1.165, 1.54) is 16.9 Å². The molecule has 10 nitrogen and oxygen atoms in total. The van der Waals surface area contributed by atoms with Gasteiger partial charge in [-0.25, -0.2) is 9.18 Å². The Morgan fingerprint density at radius 3 is 2.41 bits per heavy atom. The molecule has 1 aromatic carbocycles. The topological polar surface area (TPSA) is 114 Å². The molecule has 0 bridgehead atoms. The Bertz CT molecular complexity index is 1130. The second-order valence-corrected chi connectivity index (χ2v) is 11.6. The molecule has 1 aliphatic carbocycles. The molecule has 3 fully saturated rings. The first-order chi connectivity index (χ1) is 17.5. The molecule has 2 atom stereocenters. The lowest BCUT2D eigenvalue weighted by Gasteiger charge is -2.54. The summed E-state index contributed by atoms with van der Waals surface area (Å²) < 4.78 is 18.9. The molecule has 37 heavy (non-hydrogen) atoms. The number of aliphatic hydroxyl groups excluding tert-OH is 1. The van der Waals surface area contributed by atoms with Crippen LogP contribution >= 0.6 is 0 Å². The number of aromatic nitrogens is 4. The van der Waals surface area contributed by atoms with Gasteiger partial charge in [-0.05, 0) is 75.9 Å². The number of benzene rings is 1. The first-order valence-corrected chi connectivity index (χ1v) is 13.1. The van der Waals surface area contributed by atoms with Crippen LogP contribution in [0.2, 0.25) is 0 Å². The fourth-order valence-electron chi connectivity index (χ4n) is 5.65. The number of hydrogen-bond acceptors (Lipinski definition) is 7. The summed E-state index contributed by atoms with van der Waals surface area (Å²) in [5.74, 6) is 0.141. The highest BCUT2D eigenvalue weighted by molar-refractivity contribution is 5.86. The molecule has 3 heterocycles. The number of carbonyl (C=O) groups is 2. The zero-order chi connectivity index (χ0) is 26.4. The predicted octanol–water partition coefficient (Wildman–Crippen LogP) is 3.05. The van der Waals surface area contributed by atoms with Crippen LogP contribution in [0.4, 0.5) is 9.18 Å². The Morgan fingerprint density at radius 2 is 1.81 bits per heavy atom. The Morgan fingerprint density at radius 1 is 1.14 bits per heavy atom. The van der Waals surface area contributed by atoms with Crippen molar-refractivity contribution in [3.8, 4) is 5.69 Å². The molecule has 1 N–H and O–H groups in total. The summed E-state index contributed by atoms with van der Waals surface area (Å²) in [5, 5.41) is 23.7. The Hall–Kier alpha value is -3.08. The molecule has 1 spiro atoms. The van der Waals surface area contributed by atoms with Gasteiger partial charge < -0.3 is 14.7 Å². The van der Waals surface area contributed by atoms with E-state index in [4.69, 9.17) is 4.74 Å². The monoisotopic (exact) mass is 514 g/mol. The van der Waals surface area contributed by atoms with Crippen molar-refractivity contribution >= 4 is 12.0 Å². The van der Waals surface area contributed by atoms with Crippen molar-refractivity contribution in [3.05, 3.63) is 35.9 Å². The van der Waals surface area contributed by atoms with Crippen LogP contribution in [-0.2, 0) is 9.53 Å². The lowest BCUT2D eigenvalue weighted by molar-refractivity contribution is -0.152. The zero-order valence-corrected chi connectivity index (χ0v) is 21.6. The van der Waals surface area contributed by atoms with Gasteiger partial charge in [0.1, 0.15) is 17.5 Å². The van der Waals surface area contributed by atoms with Crippen molar-refractivity contribution in [1.29, 1.82) is 0 Å². The number of piperidine rings is 2. The summed E-state index contributed by atoms with van der Waals surface area (Å²) in [4.78, 5) is 31.5. The molecule has 0 unspecified atom stereocenters. The van der Waals surface area contributed by atoms with E-state index >= 15 is 0 Å². The van der Waals surface area contributed by atoms with E-state index in [0.717, 1.165) is 19.3 Å². The van der Waals surface area contributed by atoms with Crippen LogP contribution in [0.1, 0.15) is 71.0 Å². The van der Waals surface area contributed by atoms with Gasteiger partial charge in [0.15, 0.2) is 5.82 Å². The van der Waals surface area contributed by atoms with Crippen molar-refractivity contribution in [3.63, 3.8) is 0 Å². The molecule has 2 amide bonds. The third-order valence-corrected chi connectivity index (χ3v) is 7.94. The molecule has 2 aliphatic heterocycles. The molecular weight excluding hydrogens is 479 g/mol. The molecule has 5 rings (SSSR count). The summed E-state index contributed by atoms with van der Waals surface area (Å²) in [6.07, 6.45) is 3.16. The van der Waals surface area contributed by atoms with Crippen LogP contribution in [0.3, 0.4) is 0 Å². The quantitative estimate of drug-likeness (QED) is 0.670. The Labute approximate surface area is 215 Å². The second-order valence-electron chi connectivity index (χ2n) is 11.6. The number of hydrogen-bond donors (Lipinski definition) is 1. The summed E-state index contributed by atoms with van der Waals surface area (Å²) in [6, 6.07) is 5.12. The second kappa shape index (κ2) is 9.66. The average Bonchev–Trinajstić information content (AvgIpc) is 3.32. The highest BCUT2D eigenvalue weighted by Crippen LogP contribution is 2.49. The van der Waals surface area contributed by atoms with E-state index in [0.29, 0.717) is 44.0 Å². The number of tetrazole rings is 1. The summed E-state index contributed by atoms with van der Waals surface area (Å²) in [6.45, 7) is 6.76. The van der Waals surface area contributed by atoms with Crippen molar-refractivity contribution in [2.45, 2.75) is 83.0 Å².